The quantitative estimate of drug-likeness (QED) is 0.887. The summed E-state index contributed by atoms with van der Waals surface area (Å²) in [6.07, 6.45) is 2.96. The van der Waals surface area contributed by atoms with E-state index in [1.807, 2.05) is 18.2 Å². The Morgan fingerprint density at radius 2 is 1.95 bits per heavy atom. The van der Waals surface area contributed by atoms with Gasteiger partial charge in [-0.25, -0.2) is 4.79 Å². The zero-order chi connectivity index (χ0) is 15.2. The molecule has 5 nitrogen and oxygen atoms in total. The summed E-state index contributed by atoms with van der Waals surface area (Å²) in [5.41, 5.74) is 0.973. The Bertz CT molecular complexity index is 646. The van der Waals surface area contributed by atoms with Gasteiger partial charge in [0.1, 0.15) is 6.04 Å². The Labute approximate surface area is 126 Å². The third-order valence-electron chi connectivity index (χ3n) is 2.90. The van der Waals surface area contributed by atoms with E-state index >= 15 is 0 Å². The topological polar surface area (TPSA) is 79.3 Å². The first kappa shape index (κ1) is 15.0. The summed E-state index contributed by atoms with van der Waals surface area (Å²) < 4.78 is 0. The molecule has 1 atom stereocenters. The maximum Gasteiger partial charge on any atom is 0.326 e. The molecule has 21 heavy (non-hydrogen) atoms. The first-order chi connectivity index (χ1) is 10.1. The minimum Gasteiger partial charge on any atom is -0.480 e. The lowest BCUT2D eigenvalue weighted by Crippen LogP contribution is -2.42. The summed E-state index contributed by atoms with van der Waals surface area (Å²) in [6, 6.07) is 9.52. The Morgan fingerprint density at radius 3 is 2.57 bits per heavy atom. The number of hydrogen-bond donors (Lipinski definition) is 2. The first-order valence-corrected chi connectivity index (χ1v) is 6.63. The van der Waals surface area contributed by atoms with Crippen molar-refractivity contribution in [3.8, 4) is 0 Å². The van der Waals surface area contributed by atoms with Gasteiger partial charge in [0.15, 0.2) is 0 Å². The van der Waals surface area contributed by atoms with E-state index in [1.165, 1.54) is 18.5 Å². The lowest BCUT2D eigenvalue weighted by Gasteiger charge is -2.15. The number of amides is 1. The molecule has 0 unspecified atom stereocenters. The summed E-state index contributed by atoms with van der Waals surface area (Å²) in [5.74, 6) is -1.66. The van der Waals surface area contributed by atoms with E-state index < -0.39 is 17.9 Å². The number of rotatable bonds is 5. The highest BCUT2D eigenvalue weighted by atomic mass is 35.5. The predicted octanol–water partition coefficient (Wildman–Crippen LogP) is 2.16. The van der Waals surface area contributed by atoms with Gasteiger partial charge in [0, 0.05) is 18.8 Å². The third kappa shape index (κ3) is 4.03. The van der Waals surface area contributed by atoms with Crippen LogP contribution in [0.2, 0.25) is 5.02 Å². The minimum atomic E-state index is -1.10. The highest BCUT2D eigenvalue weighted by Gasteiger charge is 2.22. The monoisotopic (exact) mass is 304 g/mol. The maximum absolute atomic E-state index is 12.1. The molecule has 0 aliphatic rings. The normalized spacial score (nSPS) is 11.7. The van der Waals surface area contributed by atoms with Gasteiger partial charge < -0.3 is 10.4 Å². The van der Waals surface area contributed by atoms with E-state index in [2.05, 4.69) is 10.3 Å². The van der Waals surface area contributed by atoms with Crippen LogP contribution in [0.15, 0.2) is 48.8 Å². The van der Waals surface area contributed by atoms with Crippen molar-refractivity contribution in [2.45, 2.75) is 12.5 Å². The third-order valence-corrected chi connectivity index (χ3v) is 3.23. The number of carboxylic acid groups (broad SMARTS) is 1. The van der Waals surface area contributed by atoms with E-state index in [0.717, 1.165) is 5.56 Å². The fourth-order valence-corrected chi connectivity index (χ4v) is 2.02. The molecule has 0 saturated heterocycles. The van der Waals surface area contributed by atoms with Gasteiger partial charge in [0.2, 0.25) is 0 Å². The van der Waals surface area contributed by atoms with Crippen LogP contribution in [0.5, 0.6) is 0 Å². The van der Waals surface area contributed by atoms with Crippen LogP contribution in [0.3, 0.4) is 0 Å². The molecule has 2 rings (SSSR count). The van der Waals surface area contributed by atoms with Crippen molar-refractivity contribution in [3.63, 3.8) is 0 Å². The van der Waals surface area contributed by atoms with E-state index in [0.29, 0.717) is 0 Å². The van der Waals surface area contributed by atoms with E-state index in [9.17, 15) is 14.7 Å². The largest absolute Gasteiger partial charge is 0.480 e. The van der Waals surface area contributed by atoms with Crippen molar-refractivity contribution in [1.29, 1.82) is 0 Å². The number of halogens is 1. The van der Waals surface area contributed by atoms with Crippen molar-refractivity contribution in [1.82, 2.24) is 10.3 Å². The number of hydrogen-bond acceptors (Lipinski definition) is 3. The average Bonchev–Trinajstić information content (AvgIpc) is 2.48. The van der Waals surface area contributed by atoms with Crippen LogP contribution in [0, 0.1) is 0 Å². The van der Waals surface area contributed by atoms with Crippen molar-refractivity contribution in [2.75, 3.05) is 0 Å². The maximum atomic E-state index is 12.1. The fourth-order valence-electron chi connectivity index (χ4n) is 1.83. The summed E-state index contributed by atoms with van der Waals surface area (Å²) in [7, 11) is 0. The molecule has 1 aromatic heterocycles. The molecule has 2 aromatic rings. The molecule has 1 aromatic carbocycles. The van der Waals surface area contributed by atoms with Crippen molar-refractivity contribution in [3.05, 3.63) is 64.9 Å². The van der Waals surface area contributed by atoms with E-state index in [1.54, 1.807) is 12.1 Å². The van der Waals surface area contributed by atoms with Gasteiger partial charge in [-0.05, 0) is 11.6 Å². The second-order valence-electron chi connectivity index (χ2n) is 4.41. The molecule has 0 saturated carbocycles. The standard InChI is InChI=1S/C15H13ClN2O3/c16-12-6-7-17-9-11(12)14(19)18-13(15(20)21)8-10-4-2-1-3-5-10/h1-7,9,13H,8H2,(H,18,19)(H,20,21)/t13-/m1/s1. The Hall–Kier alpha value is -2.40. The van der Waals surface area contributed by atoms with Gasteiger partial charge in [-0.2, -0.15) is 0 Å². The number of pyridine rings is 1. The number of carboxylic acids is 1. The number of carbonyl (C=O) groups is 2. The number of aliphatic carboxylic acids is 1. The van der Waals surface area contributed by atoms with Gasteiger partial charge >= 0.3 is 5.97 Å². The first-order valence-electron chi connectivity index (χ1n) is 6.25. The molecular weight excluding hydrogens is 292 g/mol. The van der Waals surface area contributed by atoms with Crippen LogP contribution in [-0.2, 0) is 11.2 Å². The van der Waals surface area contributed by atoms with Crippen LogP contribution in [0.1, 0.15) is 15.9 Å². The molecule has 108 valence electrons. The summed E-state index contributed by atoms with van der Waals surface area (Å²) in [6.45, 7) is 0. The van der Waals surface area contributed by atoms with Crippen LogP contribution in [-0.4, -0.2) is 28.0 Å². The predicted molar refractivity (Wildman–Crippen MR) is 78.3 cm³/mol. The van der Waals surface area contributed by atoms with Crippen molar-refractivity contribution in [2.24, 2.45) is 0 Å². The highest BCUT2D eigenvalue weighted by Crippen LogP contribution is 2.13. The molecule has 1 amide bonds. The number of nitrogens with zero attached hydrogens (tertiary/aromatic N) is 1. The van der Waals surface area contributed by atoms with Gasteiger partial charge in [-0.15, -0.1) is 0 Å². The Kier molecular flexibility index (Phi) is 4.90. The van der Waals surface area contributed by atoms with Crippen LogP contribution in [0.25, 0.3) is 0 Å². The Balaban J connectivity index is 2.12. The summed E-state index contributed by atoms with van der Waals surface area (Å²) in [5, 5.41) is 11.9. The molecule has 0 spiro atoms. The molecule has 1 heterocycles. The van der Waals surface area contributed by atoms with Crippen LogP contribution in [0.4, 0.5) is 0 Å². The molecule has 0 fully saturated rings. The molecule has 0 radical (unpaired) electrons. The van der Waals surface area contributed by atoms with Crippen LogP contribution >= 0.6 is 11.6 Å². The Morgan fingerprint density at radius 1 is 1.24 bits per heavy atom. The summed E-state index contributed by atoms with van der Waals surface area (Å²) >= 11 is 5.89. The highest BCUT2D eigenvalue weighted by molar-refractivity contribution is 6.33. The number of nitrogens with one attached hydrogen (secondary N) is 1. The van der Waals surface area contributed by atoms with Crippen molar-refractivity contribution >= 4 is 23.5 Å². The molecular formula is C15H13ClN2O3. The second kappa shape index (κ2) is 6.85. The van der Waals surface area contributed by atoms with Gasteiger partial charge in [-0.3, -0.25) is 9.78 Å². The molecule has 0 aliphatic heterocycles. The molecule has 2 N–H and O–H groups in total. The zero-order valence-electron chi connectivity index (χ0n) is 11.0. The molecule has 0 aliphatic carbocycles. The number of carbonyl (C=O) groups excluding carboxylic acids is 1. The van der Waals surface area contributed by atoms with Gasteiger partial charge in [-0.1, -0.05) is 41.9 Å². The minimum absolute atomic E-state index is 0.151. The second-order valence-corrected chi connectivity index (χ2v) is 4.82. The van der Waals surface area contributed by atoms with Crippen molar-refractivity contribution < 1.29 is 14.7 Å². The lowest BCUT2D eigenvalue weighted by molar-refractivity contribution is -0.139. The lowest BCUT2D eigenvalue weighted by atomic mass is 10.1. The fraction of sp³-hybridized carbons (Fsp3) is 0.133. The van der Waals surface area contributed by atoms with Gasteiger partial charge in [0.05, 0.1) is 10.6 Å². The van der Waals surface area contributed by atoms with Gasteiger partial charge in [0.25, 0.3) is 5.91 Å². The molecule has 6 heteroatoms. The average molecular weight is 305 g/mol. The zero-order valence-corrected chi connectivity index (χ0v) is 11.7. The number of benzene rings is 1. The molecule has 0 bridgehead atoms. The van der Waals surface area contributed by atoms with Crippen LogP contribution < -0.4 is 5.32 Å². The number of aromatic nitrogens is 1. The van der Waals surface area contributed by atoms with E-state index in [4.69, 9.17) is 11.6 Å². The smallest absolute Gasteiger partial charge is 0.326 e. The van der Waals surface area contributed by atoms with E-state index in [-0.39, 0.29) is 17.0 Å². The summed E-state index contributed by atoms with van der Waals surface area (Å²) in [4.78, 5) is 27.2. The SMILES string of the molecule is O=C(N[C@H](Cc1ccccc1)C(=O)O)c1cnccc1Cl.